The first-order valence-corrected chi connectivity index (χ1v) is 6.53. The van der Waals surface area contributed by atoms with Gasteiger partial charge in [0.15, 0.2) is 6.10 Å². The smallest absolute Gasteiger partial charge is 0.405 e. The lowest BCUT2D eigenvalue weighted by atomic mass is 9.91. The molecule has 102 valence electrons. The summed E-state index contributed by atoms with van der Waals surface area (Å²) in [6.45, 7) is 3.70. The molecule has 0 aromatic rings. The van der Waals surface area contributed by atoms with Gasteiger partial charge in [0.2, 0.25) is 0 Å². The van der Waals surface area contributed by atoms with Gasteiger partial charge >= 0.3 is 6.09 Å². The van der Waals surface area contributed by atoms with Crippen LogP contribution in [0.5, 0.6) is 0 Å². The van der Waals surface area contributed by atoms with Crippen molar-refractivity contribution < 1.29 is 14.6 Å². The van der Waals surface area contributed by atoms with E-state index in [1.165, 1.54) is 0 Å². The molecule has 3 N–H and O–H groups in total. The van der Waals surface area contributed by atoms with E-state index in [4.69, 9.17) is 33.7 Å². The Hall–Kier alpha value is -0.710. The van der Waals surface area contributed by atoms with Crippen molar-refractivity contribution in [1.82, 2.24) is 0 Å². The predicted molar refractivity (Wildman–Crippen MR) is 71.4 cm³/mol. The molecule has 0 aromatic carbocycles. The van der Waals surface area contributed by atoms with Crippen LogP contribution in [-0.2, 0) is 4.74 Å². The molecule has 1 aliphatic carbocycles. The number of hydrogen-bond acceptors (Lipinski definition) is 3. The molecule has 3 atom stereocenters. The number of nitrogens with two attached hydrogens (primary N) is 1. The zero-order valence-electron chi connectivity index (χ0n) is 10.3. The van der Waals surface area contributed by atoms with Crippen LogP contribution in [0, 0.1) is 5.92 Å². The molecule has 0 fully saturated rings. The second-order valence-electron chi connectivity index (χ2n) is 4.28. The Labute approximate surface area is 116 Å². The molecule has 0 heterocycles. The quantitative estimate of drug-likeness (QED) is 0.837. The maximum Gasteiger partial charge on any atom is 0.405 e. The fraction of sp³-hybridized carbons (Fsp3) is 0.583. The van der Waals surface area contributed by atoms with Gasteiger partial charge in [0.1, 0.15) is 0 Å². The van der Waals surface area contributed by atoms with Crippen LogP contribution in [0.15, 0.2) is 21.7 Å². The molecule has 0 aliphatic heterocycles. The van der Waals surface area contributed by atoms with Gasteiger partial charge in [-0.15, -0.1) is 0 Å². The zero-order chi connectivity index (χ0) is 13.9. The molecule has 0 aromatic heterocycles. The van der Waals surface area contributed by atoms with Crippen molar-refractivity contribution in [2.45, 2.75) is 38.9 Å². The van der Waals surface area contributed by atoms with E-state index in [0.717, 1.165) is 0 Å². The van der Waals surface area contributed by atoms with Gasteiger partial charge in [0.25, 0.3) is 0 Å². The van der Waals surface area contributed by atoms with Gasteiger partial charge in [-0.05, 0) is 18.8 Å². The molecular weight excluding hydrogens is 277 g/mol. The molecule has 1 rings (SSSR count). The molecule has 6 heteroatoms. The Morgan fingerprint density at radius 2 is 2.28 bits per heavy atom. The summed E-state index contributed by atoms with van der Waals surface area (Å²) in [5, 5.41) is 10.8. The van der Waals surface area contributed by atoms with Crippen LogP contribution in [0.3, 0.4) is 0 Å². The SMILES string of the molecule is CCC(O)C(OC(N)=O)C1=C(Cl)C(C)CC=C1Cl. The molecule has 0 saturated carbocycles. The van der Waals surface area contributed by atoms with Crippen molar-refractivity contribution in [2.24, 2.45) is 11.7 Å². The van der Waals surface area contributed by atoms with Crippen LogP contribution in [0.1, 0.15) is 26.7 Å². The Bertz CT molecular complexity index is 393. The summed E-state index contributed by atoms with van der Waals surface area (Å²) in [7, 11) is 0. The summed E-state index contributed by atoms with van der Waals surface area (Å²) >= 11 is 12.3. The third-order valence-corrected chi connectivity index (χ3v) is 3.83. The molecule has 0 bridgehead atoms. The van der Waals surface area contributed by atoms with Crippen LogP contribution in [0.2, 0.25) is 0 Å². The van der Waals surface area contributed by atoms with Gasteiger partial charge in [0.05, 0.1) is 6.10 Å². The fourth-order valence-electron chi connectivity index (χ4n) is 1.81. The number of halogens is 2. The van der Waals surface area contributed by atoms with Crippen molar-refractivity contribution in [2.75, 3.05) is 0 Å². The highest BCUT2D eigenvalue weighted by atomic mass is 35.5. The van der Waals surface area contributed by atoms with Crippen molar-refractivity contribution in [1.29, 1.82) is 0 Å². The lowest BCUT2D eigenvalue weighted by Gasteiger charge is -2.28. The lowest BCUT2D eigenvalue weighted by molar-refractivity contribution is 0.0252. The molecule has 4 nitrogen and oxygen atoms in total. The lowest BCUT2D eigenvalue weighted by Crippen LogP contribution is -2.36. The average molecular weight is 294 g/mol. The summed E-state index contributed by atoms with van der Waals surface area (Å²) in [5.74, 6) is 0.0761. The first-order chi connectivity index (χ1) is 8.38. The number of rotatable bonds is 4. The second kappa shape index (κ2) is 6.45. The summed E-state index contributed by atoms with van der Waals surface area (Å²) < 4.78 is 4.95. The van der Waals surface area contributed by atoms with Crippen molar-refractivity contribution in [3.05, 3.63) is 21.7 Å². The van der Waals surface area contributed by atoms with Gasteiger partial charge in [-0.3, -0.25) is 0 Å². The summed E-state index contributed by atoms with van der Waals surface area (Å²) in [4.78, 5) is 10.9. The molecule has 0 saturated heterocycles. The largest absolute Gasteiger partial charge is 0.439 e. The first kappa shape index (κ1) is 15.3. The molecule has 3 unspecified atom stereocenters. The van der Waals surface area contributed by atoms with Crippen LogP contribution < -0.4 is 5.73 Å². The molecule has 1 amide bonds. The van der Waals surface area contributed by atoms with Crippen LogP contribution in [-0.4, -0.2) is 23.4 Å². The van der Waals surface area contributed by atoms with E-state index >= 15 is 0 Å². The van der Waals surface area contributed by atoms with E-state index < -0.39 is 18.3 Å². The third-order valence-electron chi connectivity index (χ3n) is 2.89. The first-order valence-electron chi connectivity index (χ1n) is 5.78. The number of aliphatic hydroxyl groups excluding tert-OH is 1. The van der Waals surface area contributed by atoms with E-state index in [0.29, 0.717) is 28.5 Å². The van der Waals surface area contributed by atoms with Gasteiger partial charge in [-0.1, -0.05) is 43.1 Å². The fourth-order valence-corrected chi connectivity index (χ4v) is 2.46. The number of carbonyl (C=O) groups excluding carboxylic acids is 1. The van der Waals surface area contributed by atoms with Crippen molar-refractivity contribution in [3.8, 4) is 0 Å². The van der Waals surface area contributed by atoms with Gasteiger partial charge in [-0.2, -0.15) is 0 Å². The second-order valence-corrected chi connectivity index (χ2v) is 5.10. The minimum atomic E-state index is -0.966. The van der Waals surface area contributed by atoms with E-state index in [9.17, 15) is 9.90 Å². The average Bonchev–Trinajstić information content (AvgIpc) is 2.31. The van der Waals surface area contributed by atoms with E-state index in [1.54, 1.807) is 13.0 Å². The predicted octanol–water partition coefficient (Wildman–Crippen LogP) is 2.88. The Morgan fingerprint density at radius 3 is 2.78 bits per heavy atom. The van der Waals surface area contributed by atoms with E-state index in [1.807, 2.05) is 6.92 Å². The molecule has 0 spiro atoms. The molecule has 18 heavy (non-hydrogen) atoms. The molecular formula is C12H17Cl2NO3. The zero-order valence-corrected chi connectivity index (χ0v) is 11.8. The number of carbonyl (C=O) groups is 1. The highest BCUT2D eigenvalue weighted by Gasteiger charge is 2.32. The van der Waals surface area contributed by atoms with Crippen molar-refractivity contribution in [3.63, 3.8) is 0 Å². The van der Waals surface area contributed by atoms with Crippen molar-refractivity contribution >= 4 is 29.3 Å². The number of amides is 1. The van der Waals surface area contributed by atoms with Crippen LogP contribution >= 0.6 is 23.2 Å². The third kappa shape index (κ3) is 3.40. The van der Waals surface area contributed by atoms with Crippen LogP contribution in [0.25, 0.3) is 0 Å². The number of primary amides is 1. The highest BCUT2D eigenvalue weighted by Crippen LogP contribution is 2.38. The standard InChI is InChI=1S/C12H17Cl2NO3/c1-3-8(16)11(18-12(15)17)9-7(13)5-4-6(2)10(9)14/h5-6,8,11,16H,3-4H2,1-2H3,(H2,15,17). The minimum absolute atomic E-state index is 0.0761. The van der Waals surface area contributed by atoms with Gasteiger partial charge in [0, 0.05) is 15.6 Å². The Balaban J connectivity index is 3.14. The Morgan fingerprint density at radius 1 is 1.67 bits per heavy atom. The van der Waals surface area contributed by atoms with E-state index in [-0.39, 0.29) is 5.92 Å². The monoisotopic (exact) mass is 293 g/mol. The summed E-state index contributed by atoms with van der Waals surface area (Å²) in [6.07, 6.45) is 0.122. The Kier molecular flexibility index (Phi) is 5.50. The van der Waals surface area contributed by atoms with Crippen LogP contribution in [0.4, 0.5) is 4.79 Å². The molecule has 0 radical (unpaired) electrons. The number of allylic oxidation sites excluding steroid dienone is 2. The minimum Gasteiger partial charge on any atom is -0.439 e. The summed E-state index contributed by atoms with van der Waals surface area (Å²) in [6, 6.07) is 0. The normalized spacial score (nSPS) is 23.4. The number of ether oxygens (including phenoxy) is 1. The maximum absolute atomic E-state index is 10.9. The van der Waals surface area contributed by atoms with Gasteiger partial charge < -0.3 is 15.6 Å². The number of hydrogen-bond donors (Lipinski definition) is 2. The highest BCUT2D eigenvalue weighted by molar-refractivity contribution is 6.36. The molecule has 1 aliphatic rings. The van der Waals surface area contributed by atoms with Gasteiger partial charge in [-0.25, -0.2) is 4.79 Å². The number of aliphatic hydroxyl groups is 1. The van der Waals surface area contributed by atoms with E-state index in [2.05, 4.69) is 0 Å². The topological polar surface area (TPSA) is 72.6 Å². The summed E-state index contributed by atoms with van der Waals surface area (Å²) in [5.41, 5.74) is 5.47. The maximum atomic E-state index is 10.9.